The molecule has 1 aromatic carbocycles. The molecule has 6 nitrogen and oxygen atoms in total. The average molecular weight is 274 g/mol. The van der Waals surface area contributed by atoms with Crippen LogP contribution in [0.2, 0.25) is 5.02 Å². The number of halogens is 1. The van der Waals surface area contributed by atoms with Gasteiger partial charge in [0.2, 0.25) is 0 Å². The molecule has 2 heterocycles. The van der Waals surface area contributed by atoms with Crippen molar-refractivity contribution in [3.63, 3.8) is 0 Å². The van der Waals surface area contributed by atoms with E-state index in [0.29, 0.717) is 27.5 Å². The normalized spacial score (nSPS) is 10.6. The molecule has 3 aromatic rings. The molecule has 0 spiro atoms. The Bertz CT molecular complexity index is 798. The Kier molecular flexibility index (Phi) is 2.62. The van der Waals surface area contributed by atoms with Crippen LogP contribution < -0.4 is 5.32 Å². The first-order valence-electron chi connectivity index (χ1n) is 5.42. The first-order valence-corrected chi connectivity index (χ1v) is 5.80. The minimum Gasteiger partial charge on any atom is -0.423 e. The third-order valence-electron chi connectivity index (χ3n) is 2.63. The van der Waals surface area contributed by atoms with Crippen molar-refractivity contribution in [1.29, 1.82) is 5.26 Å². The Morgan fingerprint density at radius 3 is 3.11 bits per heavy atom. The third-order valence-corrected chi connectivity index (χ3v) is 2.87. The second kappa shape index (κ2) is 4.30. The van der Waals surface area contributed by atoms with Gasteiger partial charge in [0.15, 0.2) is 5.58 Å². The second-order valence-electron chi connectivity index (χ2n) is 3.90. The number of rotatable bonds is 2. The maximum atomic E-state index is 8.97. The zero-order valence-electron chi connectivity index (χ0n) is 9.88. The van der Waals surface area contributed by atoms with Crippen molar-refractivity contribution in [2.24, 2.45) is 7.05 Å². The molecule has 94 valence electrons. The van der Waals surface area contributed by atoms with Gasteiger partial charge >= 0.3 is 6.01 Å². The molecule has 7 heteroatoms. The van der Waals surface area contributed by atoms with Crippen molar-refractivity contribution in [1.82, 2.24) is 14.8 Å². The fraction of sp³-hybridized carbons (Fsp3) is 0.0833. The Hall–Kier alpha value is -2.52. The standard InChI is InChI=1S/C12H8ClN5O/c1-18-11(7(5-14)6-15-18)17-12-16-9-4-8(13)2-3-10(9)19-12/h2-4,6H,1H3,(H,16,17). The van der Waals surface area contributed by atoms with E-state index in [0.717, 1.165) is 0 Å². The van der Waals surface area contributed by atoms with Crippen LogP contribution >= 0.6 is 11.6 Å². The van der Waals surface area contributed by atoms with Crippen LogP contribution in [0.15, 0.2) is 28.8 Å². The zero-order valence-corrected chi connectivity index (χ0v) is 10.6. The number of anilines is 2. The lowest BCUT2D eigenvalue weighted by molar-refractivity contribution is 0.620. The van der Waals surface area contributed by atoms with Gasteiger partial charge in [0.05, 0.1) is 6.20 Å². The molecule has 0 aliphatic rings. The molecule has 0 amide bonds. The Morgan fingerprint density at radius 1 is 1.47 bits per heavy atom. The molecule has 2 aromatic heterocycles. The molecule has 0 radical (unpaired) electrons. The smallest absolute Gasteiger partial charge is 0.301 e. The van der Waals surface area contributed by atoms with Crippen molar-refractivity contribution in [3.8, 4) is 6.07 Å². The van der Waals surface area contributed by atoms with E-state index in [9.17, 15) is 0 Å². The van der Waals surface area contributed by atoms with Crippen molar-refractivity contribution in [2.45, 2.75) is 0 Å². The predicted octanol–water partition coefficient (Wildman–Crippen LogP) is 2.83. The highest BCUT2D eigenvalue weighted by atomic mass is 35.5. The van der Waals surface area contributed by atoms with Crippen molar-refractivity contribution >= 4 is 34.5 Å². The fourth-order valence-electron chi connectivity index (χ4n) is 1.72. The molecule has 0 atom stereocenters. The summed E-state index contributed by atoms with van der Waals surface area (Å²) in [5.74, 6) is 0.528. The van der Waals surface area contributed by atoms with E-state index in [1.54, 1.807) is 29.9 Å². The van der Waals surface area contributed by atoms with Crippen molar-refractivity contribution in [3.05, 3.63) is 35.0 Å². The van der Waals surface area contributed by atoms with E-state index >= 15 is 0 Å². The van der Waals surface area contributed by atoms with Crippen LogP contribution in [0.4, 0.5) is 11.8 Å². The van der Waals surface area contributed by atoms with Crippen molar-refractivity contribution < 1.29 is 4.42 Å². The molecule has 0 aliphatic carbocycles. The van der Waals surface area contributed by atoms with Gasteiger partial charge in [-0.2, -0.15) is 15.3 Å². The van der Waals surface area contributed by atoms with Crippen LogP contribution in [-0.2, 0) is 7.05 Å². The summed E-state index contributed by atoms with van der Waals surface area (Å²) in [5, 5.41) is 16.5. The third kappa shape index (κ3) is 2.00. The number of hydrogen-bond acceptors (Lipinski definition) is 5. The summed E-state index contributed by atoms with van der Waals surface area (Å²) in [5.41, 5.74) is 1.69. The summed E-state index contributed by atoms with van der Waals surface area (Å²) in [6, 6.07) is 7.51. The van der Waals surface area contributed by atoms with E-state index in [-0.39, 0.29) is 6.01 Å². The highest BCUT2D eigenvalue weighted by Gasteiger charge is 2.12. The highest BCUT2D eigenvalue weighted by Crippen LogP contribution is 2.25. The summed E-state index contributed by atoms with van der Waals surface area (Å²) in [7, 11) is 1.72. The molecule has 0 bridgehead atoms. The first-order chi connectivity index (χ1) is 9.17. The molecule has 0 saturated heterocycles. The largest absolute Gasteiger partial charge is 0.423 e. The number of benzene rings is 1. The first kappa shape index (κ1) is 11.6. The molecule has 0 fully saturated rings. The number of oxazole rings is 1. The van der Waals surface area contributed by atoms with E-state index < -0.39 is 0 Å². The van der Waals surface area contributed by atoms with E-state index in [4.69, 9.17) is 21.3 Å². The van der Waals surface area contributed by atoms with Gasteiger partial charge in [-0.3, -0.25) is 10.00 Å². The van der Waals surface area contributed by atoms with Crippen LogP contribution in [0.25, 0.3) is 11.1 Å². The molecule has 0 saturated carbocycles. The Morgan fingerprint density at radius 2 is 2.32 bits per heavy atom. The van der Waals surface area contributed by atoms with Gasteiger partial charge in [-0.15, -0.1) is 0 Å². The van der Waals surface area contributed by atoms with Gasteiger partial charge in [-0.25, -0.2) is 0 Å². The maximum absolute atomic E-state index is 8.97. The lowest BCUT2D eigenvalue weighted by Crippen LogP contribution is -2.00. The average Bonchev–Trinajstić information content (AvgIpc) is 2.94. The molecule has 0 unspecified atom stereocenters. The van der Waals surface area contributed by atoms with Gasteiger partial charge in [0, 0.05) is 12.1 Å². The molecule has 19 heavy (non-hydrogen) atoms. The predicted molar refractivity (Wildman–Crippen MR) is 70.2 cm³/mol. The number of hydrogen-bond donors (Lipinski definition) is 1. The summed E-state index contributed by atoms with van der Waals surface area (Å²) in [6.07, 6.45) is 1.47. The van der Waals surface area contributed by atoms with Gasteiger partial charge in [0.25, 0.3) is 0 Å². The minimum atomic E-state index is 0.289. The summed E-state index contributed by atoms with van der Waals surface area (Å²) >= 11 is 5.88. The molecule has 1 N–H and O–H groups in total. The summed E-state index contributed by atoms with van der Waals surface area (Å²) < 4.78 is 7.06. The molecule has 0 aliphatic heterocycles. The fourth-order valence-corrected chi connectivity index (χ4v) is 1.89. The topological polar surface area (TPSA) is 79.7 Å². The zero-order chi connectivity index (χ0) is 13.4. The Balaban J connectivity index is 2.01. The molecular formula is C12H8ClN5O. The van der Waals surface area contributed by atoms with Gasteiger partial charge in [-0.1, -0.05) is 11.6 Å². The maximum Gasteiger partial charge on any atom is 0.301 e. The van der Waals surface area contributed by atoms with Crippen LogP contribution in [0, 0.1) is 11.3 Å². The van der Waals surface area contributed by atoms with Crippen molar-refractivity contribution in [2.75, 3.05) is 5.32 Å². The Labute approximate surface area is 113 Å². The molecular weight excluding hydrogens is 266 g/mol. The van der Waals surface area contributed by atoms with Crippen LogP contribution in [-0.4, -0.2) is 14.8 Å². The van der Waals surface area contributed by atoms with Crippen LogP contribution in [0.3, 0.4) is 0 Å². The quantitative estimate of drug-likeness (QED) is 0.776. The van der Waals surface area contributed by atoms with Crippen LogP contribution in [0.5, 0.6) is 0 Å². The lowest BCUT2D eigenvalue weighted by Gasteiger charge is -2.01. The monoisotopic (exact) mass is 273 g/mol. The minimum absolute atomic E-state index is 0.289. The highest BCUT2D eigenvalue weighted by molar-refractivity contribution is 6.31. The number of nitrogens with zero attached hydrogens (tertiary/aromatic N) is 4. The van der Waals surface area contributed by atoms with Gasteiger partial charge < -0.3 is 4.42 Å². The summed E-state index contributed by atoms with van der Waals surface area (Å²) in [6.45, 7) is 0. The van der Waals surface area contributed by atoms with E-state index in [1.165, 1.54) is 6.20 Å². The number of aromatic nitrogens is 3. The molecule has 3 rings (SSSR count). The van der Waals surface area contributed by atoms with E-state index in [1.807, 2.05) is 6.07 Å². The second-order valence-corrected chi connectivity index (χ2v) is 4.33. The SMILES string of the molecule is Cn1ncc(C#N)c1Nc1nc2cc(Cl)ccc2o1. The number of nitriles is 1. The number of fused-ring (bicyclic) bond motifs is 1. The van der Waals surface area contributed by atoms with Crippen LogP contribution in [0.1, 0.15) is 5.56 Å². The number of aryl methyl sites for hydroxylation is 1. The van der Waals surface area contributed by atoms with E-state index in [2.05, 4.69) is 15.4 Å². The van der Waals surface area contributed by atoms with Gasteiger partial charge in [-0.05, 0) is 18.2 Å². The van der Waals surface area contributed by atoms with Gasteiger partial charge in [0.1, 0.15) is 23.0 Å². The number of nitrogens with one attached hydrogen (secondary N) is 1. The summed E-state index contributed by atoms with van der Waals surface area (Å²) in [4.78, 5) is 4.25. The lowest BCUT2D eigenvalue weighted by atomic mass is 10.3.